The minimum absolute atomic E-state index is 0.0428. The van der Waals surface area contributed by atoms with E-state index in [9.17, 15) is 9.18 Å². The predicted octanol–water partition coefficient (Wildman–Crippen LogP) is 1.36. The number of aryl methyl sites for hydroxylation is 1. The summed E-state index contributed by atoms with van der Waals surface area (Å²) in [5.41, 5.74) is 7.71. The second-order valence-corrected chi connectivity index (χ2v) is 4.32. The fourth-order valence-electron chi connectivity index (χ4n) is 2.31. The van der Waals surface area contributed by atoms with Gasteiger partial charge in [-0.1, -0.05) is 6.07 Å². The van der Waals surface area contributed by atoms with Crippen LogP contribution in [0.1, 0.15) is 23.6 Å². The first-order valence-corrected chi connectivity index (χ1v) is 5.28. The molecule has 1 aromatic carbocycles. The van der Waals surface area contributed by atoms with Crippen LogP contribution in [0.4, 0.5) is 4.39 Å². The van der Waals surface area contributed by atoms with Crippen LogP contribution in [0.3, 0.4) is 0 Å². The normalized spacial score (nSPS) is 25.2. The van der Waals surface area contributed by atoms with Crippen LogP contribution in [-0.4, -0.2) is 23.9 Å². The molecular formula is C12H15FN2O. The summed E-state index contributed by atoms with van der Waals surface area (Å²) in [5, 5.41) is 0. The van der Waals surface area contributed by atoms with E-state index in [0.717, 1.165) is 11.1 Å². The lowest BCUT2D eigenvalue weighted by molar-refractivity contribution is -0.127. The monoisotopic (exact) mass is 222 g/mol. The Morgan fingerprint density at radius 3 is 2.69 bits per heavy atom. The molecule has 2 rings (SSSR count). The topological polar surface area (TPSA) is 46.3 Å². The second-order valence-electron chi connectivity index (χ2n) is 4.32. The molecule has 0 aliphatic carbocycles. The van der Waals surface area contributed by atoms with Gasteiger partial charge in [0.15, 0.2) is 0 Å². The van der Waals surface area contributed by atoms with Gasteiger partial charge in [-0.3, -0.25) is 4.79 Å². The number of carbonyl (C=O) groups excluding carboxylic acids is 1. The summed E-state index contributed by atoms with van der Waals surface area (Å²) in [6.45, 7) is 1.84. The molecule has 0 radical (unpaired) electrons. The van der Waals surface area contributed by atoms with Gasteiger partial charge in [0.05, 0.1) is 6.04 Å². The van der Waals surface area contributed by atoms with E-state index in [0.29, 0.717) is 6.42 Å². The molecule has 86 valence electrons. The minimum atomic E-state index is -0.262. The third-order valence-corrected chi connectivity index (χ3v) is 3.18. The molecule has 3 nitrogen and oxygen atoms in total. The maximum Gasteiger partial charge on any atom is 0.224 e. The smallest absolute Gasteiger partial charge is 0.224 e. The Bertz CT molecular complexity index is 433. The first-order valence-electron chi connectivity index (χ1n) is 5.28. The number of amides is 1. The summed E-state index contributed by atoms with van der Waals surface area (Å²) >= 11 is 0. The van der Waals surface area contributed by atoms with Gasteiger partial charge in [-0.05, 0) is 30.2 Å². The van der Waals surface area contributed by atoms with E-state index in [1.807, 2.05) is 6.92 Å². The van der Waals surface area contributed by atoms with Crippen LogP contribution in [0.5, 0.6) is 0 Å². The third-order valence-electron chi connectivity index (χ3n) is 3.18. The summed E-state index contributed by atoms with van der Waals surface area (Å²) in [5.74, 6) is -0.219. The van der Waals surface area contributed by atoms with Crippen LogP contribution in [0.25, 0.3) is 0 Å². The SMILES string of the molecule is Cc1cc(F)ccc1C1C(N)CC(=O)N1C. The van der Waals surface area contributed by atoms with Crippen molar-refractivity contribution in [2.75, 3.05) is 7.05 Å². The Hall–Kier alpha value is -1.42. The number of hydrogen-bond donors (Lipinski definition) is 1. The molecule has 1 fully saturated rings. The number of hydrogen-bond acceptors (Lipinski definition) is 2. The predicted molar refractivity (Wildman–Crippen MR) is 59.2 cm³/mol. The number of nitrogens with zero attached hydrogens (tertiary/aromatic N) is 1. The molecule has 1 aliphatic rings. The van der Waals surface area contributed by atoms with Crippen LogP contribution in [0.15, 0.2) is 18.2 Å². The van der Waals surface area contributed by atoms with Crippen molar-refractivity contribution in [2.45, 2.75) is 25.4 Å². The zero-order valence-corrected chi connectivity index (χ0v) is 9.40. The lowest BCUT2D eigenvalue weighted by Crippen LogP contribution is -2.30. The largest absolute Gasteiger partial charge is 0.337 e. The Morgan fingerprint density at radius 2 is 2.19 bits per heavy atom. The maximum atomic E-state index is 13.0. The van der Waals surface area contributed by atoms with Gasteiger partial charge in [0.25, 0.3) is 0 Å². The molecule has 2 unspecified atom stereocenters. The van der Waals surface area contributed by atoms with Crippen molar-refractivity contribution in [3.63, 3.8) is 0 Å². The number of rotatable bonds is 1. The molecule has 2 N–H and O–H groups in total. The summed E-state index contributed by atoms with van der Waals surface area (Å²) in [4.78, 5) is 13.2. The van der Waals surface area contributed by atoms with E-state index in [1.54, 1.807) is 18.0 Å². The first kappa shape index (κ1) is 11.1. The van der Waals surface area contributed by atoms with Crippen molar-refractivity contribution in [3.05, 3.63) is 35.1 Å². The van der Waals surface area contributed by atoms with Crippen molar-refractivity contribution < 1.29 is 9.18 Å². The quantitative estimate of drug-likeness (QED) is 0.780. The Labute approximate surface area is 94.0 Å². The van der Waals surface area contributed by atoms with Crippen LogP contribution in [0, 0.1) is 12.7 Å². The van der Waals surface area contributed by atoms with E-state index < -0.39 is 0 Å². The second kappa shape index (κ2) is 3.87. The lowest BCUT2D eigenvalue weighted by atomic mass is 9.96. The molecule has 16 heavy (non-hydrogen) atoms. The first-order chi connectivity index (χ1) is 7.50. The van der Waals surface area contributed by atoms with Crippen molar-refractivity contribution in [2.24, 2.45) is 5.73 Å². The van der Waals surface area contributed by atoms with Crippen molar-refractivity contribution in [1.29, 1.82) is 0 Å². The summed E-state index contributed by atoms with van der Waals surface area (Å²) < 4.78 is 13.0. The van der Waals surface area contributed by atoms with E-state index in [-0.39, 0.29) is 23.8 Å². The van der Waals surface area contributed by atoms with Gasteiger partial charge in [0.2, 0.25) is 5.91 Å². The fourth-order valence-corrected chi connectivity index (χ4v) is 2.31. The van der Waals surface area contributed by atoms with Crippen LogP contribution < -0.4 is 5.73 Å². The van der Waals surface area contributed by atoms with E-state index in [4.69, 9.17) is 5.73 Å². The van der Waals surface area contributed by atoms with E-state index in [1.165, 1.54) is 12.1 Å². The lowest BCUT2D eigenvalue weighted by Gasteiger charge is -2.24. The van der Waals surface area contributed by atoms with Crippen molar-refractivity contribution >= 4 is 5.91 Å². The number of halogens is 1. The molecular weight excluding hydrogens is 207 g/mol. The highest BCUT2D eigenvalue weighted by atomic mass is 19.1. The highest BCUT2D eigenvalue weighted by molar-refractivity contribution is 5.80. The minimum Gasteiger partial charge on any atom is -0.337 e. The zero-order valence-electron chi connectivity index (χ0n) is 9.40. The van der Waals surface area contributed by atoms with Crippen molar-refractivity contribution in [3.8, 4) is 0 Å². The molecule has 1 aliphatic heterocycles. The number of nitrogens with two attached hydrogens (primary N) is 1. The van der Waals surface area contributed by atoms with Gasteiger partial charge in [0.1, 0.15) is 5.82 Å². The molecule has 0 spiro atoms. The molecule has 1 amide bonds. The van der Waals surface area contributed by atoms with Crippen LogP contribution in [0.2, 0.25) is 0 Å². The summed E-state index contributed by atoms with van der Waals surface area (Å²) in [6, 6.07) is 4.25. The average Bonchev–Trinajstić information content (AvgIpc) is 2.43. The van der Waals surface area contributed by atoms with Crippen LogP contribution >= 0.6 is 0 Å². The fraction of sp³-hybridized carbons (Fsp3) is 0.417. The average molecular weight is 222 g/mol. The van der Waals surface area contributed by atoms with Crippen molar-refractivity contribution in [1.82, 2.24) is 4.90 Å². The highest BCUT2D eigenvalue weighted by Gasteiger charge is 2.36. The van der Waals surface area contributed by atoms with Gasteiger partial charge in [-0.2, -0.15) is 0 Å². The van der Waals surface area contributed by atoms with Gasteiger partial charge >= 0.3 is 0 Å². The number of benzene rings is 1. The standard InChI is InChI=1S/C12H15FN2O/c1-7-5-8(13)3-4-9(7)12-10(14)6-11(16)15(12)2/h3-5,10,12H,6,14H2,1-2H3. The highest BCUT2D eigenvalue weighted by Crippen LogP contribution is 2.32. The zero-order chi connectivity index (χ0) is 11.9. The Morgan fingerprint density at radius 1 is 1.50 bits per heavy atom. The number of carbonyl (C=O) groups is 1. The van der Waals surface area contributed by atoms with Gasteiger partial charge in [-0.25, -0.2) is 4.39 Å². The van der Waals surface area contributed by atoms with Gasteiger partial charge < -0.3 is 10.6 Å². The molecule has 2 atom stereocenters. The van der Waals surface area contributed by atoms with Gasteiger partial charge in [-0.15, -0.1) is 0 Å². The molecule has 1 saturated heterocycles. The van der Waals surface area contributed by atoms with Crippen LogP contribution in [-0.2, 0) is 4.79 Å². The molecule has 0 saturated carbocycles. The summed E-state index contributed by atoms with van der Waals surface area (Å²) in [7, 11) is 1.74. The number of likely N-dealkylation sites (tertiary alicyclic amines) is 1. The third kappa shape index (κ3) is 1.69. The maximum absolute atomic E-state index is 13.0. The van der Waals surface area contributed by atoms with E-state index in [2.05, 4.69) is 0 Å². The molecule has 0 bridgehead atoms. The van der Waals surface area contributed by atoms with Gasteiger partial charge in [0, 0.05) is 19.5 Å². The Balaban J connectivity index is 2.40. The Kier molecular flexibility index (Phi) is 2.68. The number of likely N-dealkylation sites (N-methyl/N-ethyl adjacent to an activating group) is 1. The summed E-state index contributed by atoms with van der Waals surface area (Å²) in [6.07, 6.45) is 0.359. The molecule has 1 heterocycles. The molecule has 0 aromatic heterocycles. The molecule has 4 heteroatoms. The molecule has 1 aromatic rings. The van der Waals surface area contributed by atoms with E-state index >= 15 is 0 Å².